The highest BCUT2D eigenvalue weighted by Crippen LogP contribution is 2.32. The molecule has 0 saturated carbocycles. The van der Waals surface area contributed by atoms with Gasteiger partial charge in [-0.05, 0) is 45.7 Å². The molecule has 25 heavy (non-hydrogen) atoms. The van der Waals surface area contributed by atoms with E-state index in [4.69, 9.17) is 4.42 Å². The van der Waals surface area contributed by atoms with Crippen molar-refractivity contribution in [3.8, 4) is 0 Å². The Bertz CT molecular complexity index is 803. The molecule has 1 atom stereocenters. The van der Waals surface area contributed by atoms with E-state index in [0.29, 0.717) is 17.8 Å². The van der Waals surface area contributed by atoms with E-state index in [0.717, 1.165) is 42.9 Å². The van der Waals surface area contributed by atoms with Crippen LogP contribution >= 0.6 is 0 Å². The zero-order valence-electron chi connectivity index (χ0n) is 15.3. The minimum atomic E-state index is -0.474. The first-order valence-electron chi connectivity index (χ1n) is 8.82. The summed E-state index contributed by atoms with van der Waals surface area (Å²) in [6, 6.07) is 3.64. The van der Waals surface area contributed by atoms with Gasteiger partial charge < -0.3 is 9.32 Å². The Hall–Kier alpha value is -2.37. The van der Waals surface area contributed by atoms with Crippen LogP contribution in [0.15, 0.2) is 16.5 Å². The molecule has 2 aromatic rings. The highest BCUT2D eigenvalue weighted by atomic mass is 16.3. The summed E-state index contributed by atoms with van der Waals surface area (Å²) in [4.78, 5) is 27.7. The molecule has 1 amide bonds. The number of carbonyl (C=O) groups excluding carboxylic acids is 2. The first-order chi connectivity index (χ1) is 11.9. The molecule has 0 aromatic carbocycles. The smallest absolute Gasteiger partial charge is 0.295 e. The quantitative estimate of drug-likeness (QED) is 0.633. The van der Waals surface area contributed by atoms with Crippen LogP contribution in [0.1, 0.15) is 65.0 Å². The topological polar surface area (TPSA) is 68.3 Å². The summed E-state index contributed by atoms with van der Waals surface area (Å²) in [5.41, 5.74) is 1.74. The summed E-state index contributed by atoms with van der Waals surface area (Å²) in [5, 5.41) is 4.26. The standard InChI is InChI=1S/C19H25N3O3/c1-12-9-10-16(25-12)15-8-6-5-7-11-22(15)19(24)18(23)17-13(2)20-21(4)14(17)3/h9-10,15H,5-8,11H2,1-4H3. The molecule has 1 aliphatic rings. The van der Waals surface area contributed by atoms with Crippen molar-refractivity contribution in [1.82, 2.24) is 14.7 Å². The van der Waals surface area contributed by atoms with Gasteiger partial charge in [0.15, 0.2) is 0 Å². The zero-order chi connectivity index (χ0) is 18.1. The summed E-state index contributed by atoms with van der Waals surface area (Å²) < 4.78 is 7.42. The molecule has 0 spiro atoms. The highest BCUT2D eigenvalue weighted by molar-refractivity contribution is 6.43. The molecule has 0 bridgehead atoms. The maximum atomic E-state index is 13.1. The number of hydrogen-bond acceptors (Lipinski definition) is 4. The van der Waals surface area contributed by atoms with Crippen molar-refractivity contribution in [2.24, 2.45) is 7.05 Å². The van der Waals surface area contributed by atoms with E-state index in [1.165, 1.54) is 0 Å². The predicted molar refractivity (Wildman–Crippen MR) is 93.4 cm³/mol. The third-order valence-electron chi connectivity index (χ3n) is 5.03. The fourth-order valence-corrected chi connectivity index (χ4v) is 3.62. The second-order valence-electron chi connectivity index (χ2n) is 6.81. The van der Waals surface area contributed by atoms with Crippen molar-refractivity contribution in [3.63, 3.8) is 0 Å². The lowest BCUT2D eigenvalue weighted by atomic mass is 10.0. The lowest BCUT2D eigenvalue weighted by Gasteiger charge is -2.28. The van der Waals surface area contributed by atoms with Gasteiger partial charge in [0, 0.05) is 19.3 Å². The number of rotatable bonds is 3. The molecular formula is C19H25N3O3. The maximum Gasteiger partial charge on any atom is 0.295 e. The number of hydrogen-bond donors (Lipinski definition) is 0. The molecule has 134 valence electrons. The average molecular weight is 343 g/mol. The molecular weight excluding hydrogens is 318 g/mol. The number of carbonyl (C=O) groups is 2. The minimum Gasteiger partial charge on any atom is -0.464 e. The lowest BCUT2D eigenvalue weighted by molar-refractivity contribution is -0.129. The van der Waals surface area contributed by atoms with Crippen molar-refractivity contribution >= 4 is 11.7 Å². The fraction of sp³-hybridized carbons (Fsp3) is 0.526. The van der Waals surface area contributed by atoms with Crippen LogP contribution in [0.5, 0.6) is 0 Å². The monoisotopic (exact) mass is 343 g/mol. The Morgan fingerprint density at radius 2 is 1.92 bits per heavy atom. The zero-order valence-corrected chi connectivity index (χ0v) is 15.3. The number of ketones is 1. The number of aromatic nitrogens is 2. The fourth-order valence-electron chi connectivity index (χ4n) is 3.62. The van der Waals surface area contributed by atoms with E-state index < -0.39 is 11.7 Å². The van der Waals surface area contributed by atoms with Crippen LogP contribution in [0.3, 0.4) is 0 Å². The van der Waals surface area contributed by atoms with Crippen LogP contribution in [0.25, 0.3) is 0 Å². The van der Waals surface area contributed by atoms with Gasteiger partial charge >= 0.3 is 0 Å². The maximum absolute atomic E-state index is 13.1. The van der Waals surface area contributed by atoms with Gasteiger partial charge in [-0.25, -0.2) is 0 Å². The van der Waals surface area contributed by atoms with Gasteiger partial charge in [-0.2, -0.15) is 5.10 Å². The van der Waals surface area contributed by atoms with E-state index >= 15 is 0 Å². The van der Waals surface area contributed by atoms with Crippen LogP contribution in [-0.2, 0) is 11.8 Å². The Balaban J connectivity index is 1.93. The minimum absolute atomic E-state index is 0.176. The SMILES string of the molecule is Cc1ccc(C2CCCCCN2C(=O)C(=O)c2c(C)nn(C)c2C)o1. The largest absolute Gasteiger partial charge is 0.464 e. The predicted octanol–water partition coefficient (Wildman–Crippen LogP) is 3.26. The Morgan fingerprint density at radius 1 is 1.16 bits per heavy atom. The first kappa shape index (κ1) is 17.5. The van der Waals surface area contributed by atoms with Gasteiger partial charge in [0.25, 0.3) is 11.7 Å². The van der Waals surface area contributed by atoms with E-state index in [2.05, 4.69) is 5.10 Å². The molecule has 0 radical (unpaired) electrons. The summed E-state index contributed by atoms with van der Waals surface area (Å²) in [5.74, 6) is 0.649. The molecule has 3 heterocycles. The number of furan rings is 1. The summed E-state index contributed by atoms with van der Waals surface area (Å²) >= 11 is 0. The Labute approximate surface area is 147 Å². The molecule has 1 saturated heterocycles. The molecule has 0 aliphatic carbocycles. The molecule has 3 rings (SSSR count). The van der Waals surface area contributed by atoms with E-state index in [9.17, 15) is 9.59 Å². The third kappa shape index (κ3) is 3.25. The second-order valence-corrected chi connectivity index (χ2v) is 6.81. The molecule has 1 aliphatic heterocycles. The van der Waals surface area contributed by atoms with E-state index in [1.807, 2.05) is 26.0 Å². The van der Waals surface area contributed by atoms with Crippen LogP contribution in [0, 0.1) is 20.8 Å². The van der Waals surface area contributed by atoms with Crippen molar-refractivity contribution in [3.05, 3.63) is 40.6 Å². The molecule has 2 aromatic heterocycles. The first-order valence-corrected chi connectivity index (χ1v) is 8.82. The average Bonchev–Trinajstić information content (AvgIpc) is 2.99. The van der Waals surface area contributed by atoms with Crippen LogP contribution in [-0.4, -0.2) is 32.9 Å². The Kier molecular flexibility index (Phi) is 4.79. The van der Waals surface area contributed by atoms with E-state index in [1.54, 1.807) is 23.6 Å². The van der Waals surface area contributed by atoms with Gasteiger partial charge in [-0.1, -0.05) is 12.8 Å². The van der Waals surface area contributed by atoms with E-state index in [-0.39, 0.29) is 6.04 Å². The van der Waals surface area contributed by atoms with Gasteiger partial charge in [-0.15, -0.1) is 0 Å². The lowest BCUT2D eigenvalue weighted by Crippen LogP contribution is -2.39. The second kappa shape index (κ2) is 6.86. The number of Topliss-reactive ketones (excluding diaryl/α,β-unsaturated/α-hetero) is 1. The van der Waals surface area contributed by atoms with Gasteiger partial charge in [-0.3, -0.25) is 14.3 Å². The highest BCUT2D eigenvalue weighted by Gasteiger charge is 2.34. The normalized spacial score (nSPS) is 18.2. The van der Waals surface area contributed by atoms with Crippen molar-refractivity contribution < 1.29 is 14.0 Å². The summed E-state index contributed by atoms with van der Waals surface area (Å²) in [6.45, 7) is 6.05. The number of nitrogens with zero attached hydrogens (tertiary/aromatic N) is 3. The number of amides is 1. The molecule has 0 N–H and O–H groups in total. The van der Waals surface area contributed by atoms with Crippen molar-refractivity contribution in [2.45, 2.75) is 52.5 Å². The van der Waals surface area contributed by atoms with Crippen LogP contribution in [0.2, 0.25) is 0 Å². The van der Waals surface area contributed by atoms with Gasteiger partial charge in [0.1, 0.15) is 11.5 Å². The third-order valence-corrected chi connectivity index (χ3v) is 5.03. The van der Waals surface area contributed by atoms with Crippen LogP contribution < -0.4 is 0 Å². The van der Waals surface area contributed by atoms with Gasteiger partial charge in [0.05, 0.1) is 17.3 Å². The van der Waals surface area contributed by atoms with Crippen molar-refractivity contribution in [1.29, 1.82) is 0 Å². The van der Waals surface area contributed by atoms with Crippen LogP contribution in [0.4, 0.5) is 0 Å². The molecule has 6 nitrogen and oxygen atoms in total. The summed E-state index contributed by atoms with van der Waals surface area (Å²) in [7, 11) is 1.78. The Morgan fingerprint density at radius 3 is 2.52 bits per heavy atom. The molecule has 1 unspecified atom stereocenters. The molecule has 6 heteroatoms. The van der Waals surface area contributed by atoms with Crippen molar-refractivity contribution in [2.75, 3.05) is 6.54 Å². The summed E-state index contributed by atoms with van der Waals surface area (Å²) in [6.07, 6.45) is 3.80. The molecule has 1 fully saturated rings. The number of aryl methyl sites for hydroxylation is 3. The van der Waals surface area contributed by atoms with Gasteiger partial charge in [0.2, 0.25) is 0 Å². The number of likely N-dealkylation sites (tertiary alicyclic amines) is 1.